The van der Waals surface area contributed by atoms with Crippen LogP contribution in [0.4, 0.5) is 5.69 Å². The third kappa shape index (κ3) is 8.76. The second kappa shape index (κ2) is 12.9. The van der Waals surface area contributed by atoms with Crippen molar-refractivity contribution in [3.63, 3.8) is 0 Å². The van der Waals surface area contributed by atoms with E-state index in [9.17, 15) is 14.4 Å². The fraction of sp³-hybridized carbons (Fsp3) is 0.550. The molecule has 1 aliphatic heterocycles. The van der Waals surface area contributed by atoms with Gasteiger partial charge in [0, 0.05) is 49.4 Å². The highest BCUT2D eigenvalue weighted by Crippen LogP contribution is 2.19. The summed E-state index contributed by atoms with van der Waals surface area (Å²) >= 11 is 4.67. The number of carbonyl (C=O) groups is 3. The van der Waals surface area contributed by atoms with Gasteiger partial charge in [-0.15, -0.1) is 11.8 Å². The number of carbonyl (C=O) groups excluding carboxylic acids is 3. The molecule has 160 valence electrons. The molecule has 0 saturated carbocycles. The molecule has 0 aliphatic carbocycles. The molecular formula is C20H28BrN3O4S. The normalized spacial score (nSPS) is 14.5. The number of likely N-dealkylation sites (tertiary alicyclic amines) is 1. The zero-order valence-corrected chi connectivity index (χ0v) is 19.0. The van der Waals surface area contributed by atoms with Crippen LogP contribution in [0.2, 0.25) is 0 Å². The van der Waals surface area contributed by atoms with Crippen molar-refractivity contribution in [1.82, 2.24) is 10.2 Å². The van der Waals surface area contributed by atoms with Gasteiger partial charge in [0.2, 0.25) is 17.7 Å². The Kier molecular flexibility index (Phi) is 10.5. The Morgan fingerprint density at radius 2 is 2.00 bits per heavy atom. The largest absolute Gasteiger partial charge is 0.385 e. The first-order valence-electron chi connectivity index (χ1n) is 9.67. The van der Waals surface area contributed by atoms with E-state index in [1.165, 1.54) is 11.8 Å². The molecule has 1 saturated heterocycles. The number of hydrogen-bond acceptors (Lipinski definition) is 5. The SMILES string of the molecule is COCCCNC(=O)C1CCN(C(=O)CSCC(=O)Nc2cccc(Br)c2)CC1. The number of nitrogens with zero attached hydrogens (tertiary/aromatic N) is 1. The zero-order valence-electron chi connectivity index (χ0n) is 16.6. The van der Waals surface area contributed by atoms with Crippen molar-refractivity contribution < 1.29 is 19.1 Å². The van der Waals surface area contributed by atoms with Crippen LogP contribution in [-0.2, 0) is 19.1 Å². The lowest BCUT2D eigenvalue weighted by Gasteiger charge is -2.31. The standard InChI is InChI=1S/C20H28BrN3O4S/c1-28-11-3-8-22-20(27)15-6-9-24(10-7-15)19(26)14-29-13-18(25)23-17-5-2-4-16(21)12-17/h2,4-5,12,15H,3,6-11,13-14H2,1H3,(H,22,27)(H,23,25). The summed E-state index contributed by atoms with van der Waals surface area (Å²) in [5, 5.41) is 5.74. The summed E-state index contributed by atoms with van der Waals surface area (Å²) in [6, 6.07) is 7.37. The van der Waals surface area contributed by atoms with E-state index in [4.69, 9.17) is 4.74 Å². The molecule has 0 atom stereocenters. The van der Waals surface area contributed by atoms with E-state index in [2.05, 4.69) is 26.6 Å². The quantitative estimate of drug-likeness (QED) is 0.497. The molecule has 0 bridgehead atoms. The van der Waals surface area contributed by atoms with Crippen molar-refractivity contribution in [2.75, 3.05) is 50.2 Å². The maximum atomic E-state index is 12.4. The van der Waals surface area contributed by atoms with Crippen LogP contribution in [0.1, 0.15) is 19.3 Å². The predicted octanol–water partition coefficient (Wildman–Crippen LogP) is 2.51. The molecule has 9 heteroatoms. The minimum absolute atomic E-state index is 0.0178. The number of anilines is 1. The highest BCUT2D eigenvalue weighted by Gasteiger charge is 2.27. The monoisotopic (exact) mass is 485 g/mol. The van der Waals surface area contributed by atoms with E-state index in [0.717, 1.165) is 16.6 Å². The first kappa shape index (κ1) is 23.7. The van der Waals surface area contributed by atoms with Gasteiger partial charge in [-0.1, -0.05) is 22.0 Å². The second-order valence-corrected chi connectivity index (χ2v) is 8.75. The van der Waals surface area contributed by atoms with Gasteiger partial charge in [0.15, 0.2) is 0 Å². The Labute approximate surface area is 184 Å². The molecule has 1 heterocycles. The molecular weight excluding hydrogens is 458 g/mol. The Bertz CT molecular complexity index is 696. The van der Waals surface area contributed by atoms with Gasteiger partial charge in [0.1, 0.15) is 0 Å². The Balaban J connectivity index is 1.61. The van der Waals surface area contributed by atoms with Gasteiger partial charge in [-0.25, -0.2) is 0 Å². The van der Waals surface area contributed by atoms with Crippen molar-refractivity contribution in [3.8, 4) is 0 Å². The average molecular weight is 486 g/mol. The van der Waals surface area contributed by atoms with Gasteiger partial charge < -0.3 is 20.3 Å². The Morgan fingerprint density at radius 3 is 2.69 bits per heavy atom. The van der Waals surface area contributed by atoms with Crippen LogP contribution in [0, 0.1) is 5.92 Å². The van der Waals surface area contributed by atoms with Crippen molar-refractivity contribution >= 4 is 51.1 Å². The van der Waals surface area contributed by atoms with E-state index >= 15 is 0 Å². The number of halogens is 1. The van der Waals surface area contributed by atoms with Crippen LogP contribution in [0.5, 0.6) is 0 Å². The van der Waals surface area contributed by atoms with Gasteiger partial charge in [-0.3, -0.25) is 14.4 Å². The molecule has 0 radical (unpaired) electrons. The lowest BCUT2D eigenvalue weighted by atomic mass is 9.96. The molecule has 1 aromatic carbocycles. The third-order valence-electron chi connectivity index (χ3n) is 4.61. The lowest BCUT2D eigenvalue weighted by molar-refractivity contribution is -0.133. The molecule has 3 amide bonds. The Hall–Kier alpha value is -1.58. The van der Waals surface area contributed by atoms with Crippen LogP contribution in [0.3, 0.4) is 0 Å². The first-order valence-corrected chi connectivity index (χ1v) is 11.6. The van der Waals surface area contributed by atoms with E-state index in [1.807, 2.05) is 24.3 Å². The fourth-order valence-corrected chi connectivity index (χ4v) is 4.17. The molecule has 1 fully saturated rings. The van der Waals surface area contributed by atoms with Crippen molar-refractivity contribution in [3.05, 3.63) is 28.7 Å². The van der Waals surface area contributed by atoms with Crippen LogP contribution in [-0.4, -0.2) is 67.5 Å². The second-order valence-electron chi connectivity index (χ2n) is 6.84. The van der Waals surface area contributed by atoms with Crippen molar-refractivity contribution in [1.29, 1.82) is 0 Å². The van der Waals surface area contributed by atoms with E-state index < -0.39 is 0 Å². The van der Waals surface area contributed by atoms with Crippen molar-refractivity contribution in [2.45, 2.75) is 19.3 Å². The molecule has 0 aromatic heterocycles. The van der Waals surface area contributed by atoms with E-state index in [1.54, 1.807) is 12.0 Å². The zero-order chi connectivity index (χ0) is 21.1. The number of rotatable bonds is 10. The van der Waals surface area contributed by atoms with Gasteiger partial charge in [0.25, 0.3) is 0 Å². The first-order chi connectivity index (χ1) is 14.0. The molecule has 0 unspecified atom stereocenters. The summed E-state index contributed by atoms with van der Waals surface area (Å²) in [6.07, 6.45) is 2.15. The summed E-state index contributed by atoms with van der Waals surface area (Å²) in [7, 11) is 1.64. The summed E-state index contributed by atoms with van der Waals surface area (Å²) in [5.41, 5.74) is 0.721. The Morgan fingerprint density at radius 1 is 1.24 bits per heavy atom. The number of benzene rings is 1. The number of methoxy groups -OCH3 is 1. The molecule has 1 aromatic rings. The number of ether oxygens (including phenoxy) is 1. The van der Waals surface area contributed by atoms with Gasteiger partial charge in [-0.2, -0.15) is 0 Å². The number of thioether (sulfide) groups is 1. The summed E-state index contributed by atoms with van der Waals surface area (Å²) in [4.78, 5) is 38.3. The number of nitrogens with one attached hydrogen (secondary N) is 2. The van der Waals surface area contributed by atoms with Gasteiger partial charge in [0.05, 0.1) is 11.5 Å². The lowest BCUT2D eigenvalue weighted by Crippen LogP contribution is -2.44. The molecule has 7 nitrogen and oxygen atoms in total. The summed E-state index contributed by atoms with van der Waals surface area (Å²) in [6.45, 7) is 2.41. The number of piperidine rings is 1. The maximum absolute atomic E-state index is 12.4. The van der Waals surface area contributed by atoms with E-state index in [0.29, 0.717) is 39.1 Å². The molecule has 29 heavy (non-hydrogen) atoms. The maximum Gasteiger partial charge on any atom is 0.234 e. The number of amides is 3. The fourth-order valence-electron chi connectivity index (χ4n) is 3.05. The van der Waals surface area contributed by atoms with Crippen LogP contribution < -0.4 is 10.6 Å². The number of hydrogen-bond donors (Lipinski definition) is 2. The third-order valence-corrected chi connectivity index (χ3v) is 6.02. The topological polar surface area (TPSA) is 87.7 Å². The van der Waals surface area contributed by atoms with Crippen LogP contribution in [0.25, 0.3) is 0 Å². The van der Waals surface area contributed by atoms with Gasteiger partial charge >= 0.3 is 0 Å². The van der Waals surface area contributed by atoms with Crippen LogP contribution in [0.15, 0.2) is 28.7 Å². The predicted molar refractivity (Wildman–Crippen MR) is 119 cm³/mol. The summed E-state index contributed by atoms with van der Waals surface area (Å²) in [5.74, 6) is 0.393. The van der Waals surface area contributed by atoms with E-state index in [-0.39, 0.29) is 35.1 Å². The smallest absolute Gasteiger partial charge is 0.234 e. The molecule has 1 aliphatic rings. The van der Waals surface area contributed by atoms with Gasteiger partial charge in [-0.05, 0) is 37.5 Å². The molecule has 2 N–H and O–H groups in total. The molecule has 0 spiro atoms. The molecule has 2 rings (SSSR count). The minimum atomic E-state index is -0.134. The minimum Gasteiger partial charge on any atom is -0.385 e. The summed E-state index contributed by atoms with van der Waals surface area (Å²) < 4.78 is 5.86. The average Bonchev–Trinajstić information content (AvgIpc) is 2.71. The highest BCUT2D eigenvalue weighted by molar-refractivity contribution is 9.10. The van der Waals surface area contributed by atoms with Crippen molar-refractivity contribution in [2.24, 2.45) is 5.92 Å². The van der Waals surface area contributed by atoms with Crippen LogP contribution >= 0.6 is 27.7 Å². The highest BCUT2D eigenvalue weighted by atomic mass is 79.9.